The van der Waals surface area contributed by atoms with Crippen molar-refractivity contribution in [3.05, 3.63) is 76.9 Å². The zero-order valence-electron chi connectivity index (χ0n) is 17.4. The molecule has 1 N–H and O–H groups in total. The monoisotopic (exact) mass is 471 g/mol. The molecular weight excluding hydrogens is 455 g/mol. The molecule has 7 nitrogen and oxygen atoms in total. The lowest BCUT2D eigenvalue weighted by molar-refractivity contribution is -0.139. The number of ether oxygens (including phenoxy) is 4. The number of benzene rings is 3. The molecule has 3 aromatic rings. The van der Waals surface area contributed by atoms with E-state index in [9.17, 15) is 23.2 Å². The Morgan fingerprint density at radius 2 is 1.88 bits per heavy atom. The molecule has 0 bridgehead atoms. The van der Waals surface area contributed by atoms with Gasteiger partial charge in [-0.05, 0) is 30.3 Å². The first-order valence-corrected chi connectivity index (χ1v) is 9.89. The molecule has 174 valence electrons. The van der Waals surface area contributed by atoms with E-state index in [2.05, 4.69) is 0 Å². The number of fused-ring (bicyclic) bond motifs is 1. The standard InChI is InChI=1S/C24H16F3NO6/c25-24(26,27)18-4-2-5-19(17(18)10-22(29)30)34-21-9-16(8-7-14(21)11-28)31-12-15-3-1-6-20-23(15)33-13-32-20/h1-9H,10,12-13H2,(H,29,30). The summed E-state index contributed by atoms with van der Waals surface area (Å²) in [6.07, 6.45) is -5.70. The number of carbonyl (C=O) groups is 1. The van der Waals surface area contributed by atoms with Crippen molar-refractivity contribution in [2.75, 3.05) is 6.79 Å². The molecule has 3 aromatic carbocycles. The largest absolute Gasteiger partial charge is 0.489 e. The first-order chi connectivity index (χ1) is 16.3. The van der Waals surface area contributed by atoms with Crippen LogP contribution in [-0.4, -0.2) is 17.9 Å². The highest BCUT2D eigenvalue weighted by Crippen LogP contribution is 2.40. The summed E-state index contributed by atoms with van der Waals surface area (Å²) in [5.41, 5.74) is -0.931. The molecule has 0 fully saturated rings. The Hall–Kier alpha value is -4.39. The number of nitrogens with zero attached hydrogens (tertiary/aromatic N) is 1. The molecule has 0 saturated heterocycles. The number of alkyl halides is 3. The lowest BCUT2D eigenvalue weighted by Gasteiger charge is -2.17. The Morgan fingerprint density at radius 1 is 1.09 bits per heavy atom. The van der Waals surface area contributed by atoms with Crippen LogP contribution in [0.5, 0.6) is 28.7 Å². The highest BCUT2D eigenvalue weighted by molar-refractivity contribution is 5.72. The molecule has 0 radical (unpaired) electrons. The van der Waals surface area contributed by atoms with Gasteiger partial charge in [-0.1, -0.05) is 18.2 Å². The van der Waals surface area contributed by atoms with E-state index in [4.69, 9.17) is 24.1 Å². The third kappa shape index (κ3) is 4.83. The lowest BCUT2D eigenvalue weighted by Crippen LogP contribution is -2.13. The predicted molar refractivity (Wildman–Crippen MR) is 111 cm³/mol. The van der Waals surface area contributed by atoms with E-state index in [0.717, 1.165) is 12.1 Å². The predicted octanol–water partition coefficient (Wildman–Crippen LogP) is 5.30. The Kier molecular flexibility index (Phi) is 6.19. The molecule has 1 aliphatic rings. The lowest BCUT2D eigenvalue weighted by atomic mass is 10.0. The molecule has 1 heterocycles. The minimum atomic E-state index is -4.78. The molecule has 34 heavy (non-hydrogen) atoms. The molecule has 0 amide bonds. The molecule has 0 unspecified atom stereocenters. The van der Waals surface area contributed by atoms with Gasteiger partial charge in [-0.2, -0.15) is 18.4 Å². The van der Waals surface area contributed by atoms with Crippen molar-refractivity contribution >= 4 is 5.97 Å². The Balaban J connectivity index is 1.63. The van der Waals surface area contributed by atoms with Crippen molar-refractivity contribution in [2.45, 2.75) is 19.2 Å². The molecule has 0 aromatic heterocycles. The van der Waals surface area contributed by atoms with Gasteiger partial charge in [0.05, 0.1) is 17.5 Å². The highest BCUT2D eigenvalue weighted by atomic mass is 19.4. The van der Waals surface area contributed by atoms with Gasteiger partial charge >= 0.3 is 12.1 Å². The molecule has 0 spiro atoms. The van der Waals surface area contributed by atoms with Gasteiger partial charge in [-0.15, -0.1) is 0 Å². The van der Waals surface area contributed by atoms with Crippen molar-refractivity contribution in [3.63, 3.8) is 0 Å². The Bertz CT molecular complexity index is 1280. The zero-order valence-corrected chi connectivity index (χ0v) is 17.4. The summed E-state index contributed by atoms with van der Waals surface area (Å²) in [5.74, 6) is -0.450. The molecule has 1 aliphatic heterocycles. The van der Waals surface area contributed by atoms with Crippen LogP contribution in [0, 0.1) is 11.3 Å². The second-order valence-corrected chi connectivity index (χ2v) is 7.16. The van der Waals surface area contributed by atoms with Gasteiger partial charge in [0.1, 0.15) is 29.9 Å². The van der Waals surface area contributed by atoms with E-state index in [1.807, 2.05) is 6.07 Å². The van der Waals surface area contributed by atoms with Crippen LogP contribution >= 0.6 is 0 Å². The van der Waals surface area contributed by atoms with E-state index >= 15 is 0 Å². The second-order valence-electron chi connectivity index (χ2n) is 7.16. The van der Waals surface area contributed by atoms with Crippen LogP contribution in [-0.2, 0) is 24.0 Å². The fourth-order valence-electron chi connectivity index (χ4n) is 3.41. The third-order valence-corrected chi connectivity index (χ3v) is 4.93. The number of aliphatic carboxylic acids is 1. The van der Waals surface area contributed by atoms with Crippen LogP contribution in [0.1, 0.15) is 22.3 Å². The summed E-state index contributed by atoms with van der Waals surface area (Å²) < 4.78 is 62.5. The molecule has 0 aliphatic carbocycles. The minimum Gasteiger partial charge on any atom is -0.489 e. The van der Waals surface area contributed by atoms with Gasteiger partial charge in [-0.25, -0.2) is 0 Å². The summed E-state index contributed by atoms with van der Waals surface area (Å²) >= 11 is 0. The molecule has 0 saturated carbocycles. The maximum absolute atomic E-state index is 13.4. The van der Waals surface area contributed by atoms with Crippen molar-refractivity contribution in [3.8, 4) is 34.8 Å². The summed E-state index contributed by atoms with van der Waals surface area (Å²) in [6.45, 7) is 0.183. The fraction of sp³-hybridized carbons (Fsp3) is 0.167. The SMILES string of the molecule is N#Cc1ccc(OCc2cccc3c2OCO3)cc1Oc1cccc(C(F)(F)F)c1CC(=O)O. The first-order valence-electron chi connectivity index (χ1n) is 9.89. The summed E-state index contributed by atoms with van der Waals surface area (Å²) in [6, 6.07) is 14.6. The van der Waals surface area contributed by atoms with Gasteiger partial charge in [0, 0.05) is 17.2 Å². The van der Waals surface area contributed by atoms with E-state index < -0.39 is 29.7 Å². The van der Waals surface area contributed by atoms with E-state index in [1.54, 1.807) is 18.2 Å². The zero-order chi connectivity index (χ0) is 24.3. The minimum absolute atomic E-state index is 0.0309. The van der Waals surface area contributed by atoms with Crippen LogP contribution in [0.2, 0.25) is 0 Å². The number of para-hydroxylation sites is 1. The molecule has 0 atom stereocenters. The maximum atomic E-state index is 13.4. The number of carboxylic acid groups (broad SMARTS) is 1. The van der Waals surface area contributed by atoms with E-state index in [1.165, 1.54) is 24.3 Å². The quantitative estimate of drug-likeness (QED) is 0.499. The third-order valence-electron chi connectivity index (χ3n) is 4.93. The van der Waals surface area contributed by atoms with Gasteiger partial charge < -0.3 is 24.1 Å². The van der Waals surface area contributed by atoms with Gasteiger partial charge in [0.2, 0.25) is 6.79 Å². The Labute approximate surface area is 191 Å². The number of hydrogen-bond donors (Lipinski definition) is 1. The van der Waals surface area contributed by atoms with Crippen molar-refractivity contribution in [1.29, 1.82) is 5.26 Å². The highest BCUT2D eigenvalue weighted by Gasteiger charge is 2.35. The average molecular weight is 471 g/mol. The number of carboxylic acids is 1. The van der Waals surface area contributed by atoms with Crippen LogP contribution < -0.4 is 18.9 Å². The molecule has 10 heteroatoms. The van der Waals surface area contributed by atoms with Gasteiger partial charge in [-0.3, -0.25) is 4.79 Å². The van der Waals surface area contributed by atoms with Crippen LogP contribution in [0.3, 0.4) is 0 Å². The summed E-state index contributed by atoms with van der Waals surface area (Å²) in [4.78, 5) is 11.2. The van der Waals surface area contributed by atoms with Crippen LogP contribution in [0.15, 0.2) is 54.6 Å². The van der Waals surface area contributed by atoms with Crippen molar-refractivity contribution in [1.82, 2.24) is 0 Å². The number of halogens is 3. The smallest absolute Gasteiger partial charge is 0.416 e. The normalized spacial score (nSPS) is 12.2. The van der Waals surface area contributed by atoms with Gasteiger partial charge in [0.15, 0.2) is 11.5 Å². The van der Waals surface area contributed by atoms with Gasteiger partial charge in [0.25, 0.3) is 0 Å². The Morgan fingerprint density at radius 3 is 2.62 bits per heavy atom. The number of rotatable bonds is 7. The number of hydrogen-bond acceptors (Lipinski definition) is 6. The van der Waals surface area contributed by atoms with E-state index in [0.29, 0.717) is 17.1 Å². The molecular formula is C24H16F3NO6. The molecule has 4 rings (SSSR count). The summed E-state index contributed by atoms with van der Waals surface area (Å²) in [5, 5.41) is 18.5. The topological polar surface area (TPSA) is 98.0 Å². The average Bonchev–Trinajstić information content (AvgIpc) is 3.27. The van der Waals surface area contributed by atoms with E-state index in [-0.39, 0.29) is 36.2 Å². The van der Waals surface area contributed by atoms with Crippen LogP contribution in [0.25, 0.3) is 0 Å². The van der Waals surface area contributed by atoms with Crippen LogP contribution in [0.4, 0.5) is 13.2 Å². The fourth-order valence-corrected chi connectivity index (χ4v) is 3.41. The van der Waals surface area contributed by atoms with Crippen molar-refractivity contribution < 1.29 is 42.0 Å². The maximum Gasteiger partial charge on any atom is 0.416 e. The van der Waals surface area contributed by atoms with Crippen molar-refractivity contribution in [2.24, 2.45) is 0 Å². The summed E-state index contributed by atoms with van der Waals surface area (Å²) in [7, 11) is 0. The first kappa shape index (κ1) is 22.8. The second kappa shape index (κ2) is 9.23. The number of nitriles is 1.